The van der Waals surface area contributed by atoms with Crippen LogP contribution in [0.3, 0.4) is 0 Å². The number of nitriles is 1. The third-order valence-electron chi connectivity index (χ3n) is 4.41. The minimum Gasteiger partial charge on any atom is -0.358 e. The van der Waals surface area contributed by atoms with Gasteiger partial charge in [-0.2, -0.15) is 5.26 Å². The van der Waals surface area contributed by atoms with Crippen LogP contribution in [0.4, 0.5) is 0 Å². The largest absolute Gasteiger partial charge is 0.358 e. The average molecular weight is 301 g/mol. The van der Waals surface area contributed by atoms with E-state index in [-0.39, 0.29) is 5.91 Å². The second-order valence-electron chi connectivity index (χ2n) is 5.80. The van der Waals surface area contributed by atoms with Crippen molar-refractivity contribution in [3.8, 4) is 6.07 Å². The van der Waals surface area contributed by atoms with Crippen molar-refractivity contribution in [2.24, 2.45) is 0 Å². The summed E-state index contributed by atoms with van der Waals surface area (Å²) in [6.07, 6.45) is 0.827. The fourth-order valence-electron chi connectivity index (χ4n) is 3.24. The number of aromatic nitrogens is 1. The normalized spacial score (nSPS) is 13.6. The van der Waals surface area contributed by atoms with Gasteiger partial charge >= 0.3 is 0 Å². The van der Waals surface area contributed by atoms with Crippen LogP contribution in [0, 0.1) is 11.3 Å². The van der Waals surface area contributed by atoms with Crippen molar-refractivity contribution in [2.45, 2.75) is 13.0 Å². The summed E-state index contributed by atoms with van der Waals surface area (Å²) in [4.78, 5) is 18.1. The number of nitrogens with one attached hydrogen (secondary N) is 1. The molecule has 0 fully saturated rings. The van der Waals surface area contributed by atoms with Crippen molar-refractivity contribution in [1.82, 2.24) is 9.88 Å². The first-order chi connectivity index (χ1) is 11.3. The van der Waals surface area contributed by atoms with Crippen LogP contribution in [-0.4, -0.2) is 22.3 Å². The van der Waals surface area contributed by atoms with E-state index in [1.807, 2.05) is 17.0 Å². The lowest BCUT2D eigenvalue weighted by atomic mass is 10.0. The molecule has 23 heavy (non-hydrogen) atoms. The molecule has 3 aromatic rings. The van der Waals surface area contributed by atoms with Crippen molar-refractivity contribution < 1.29 is 4.79 Å². The molecule has 0 saturated heterocycles. The monoisotopic (exact) mass is 301 g/mol. The molecule has 4 rings (SSSR count). The second-order valence-corrected chi connectivity index (χ2v) is 5.80. The highest BCUT2D eigenvalue weighted by molar-refractivity contribution is 5.95. The van der Waals surface area contributed by atoms with Crippen LogP contribution in [0.15, 0.2) is 48.5 Å². The van der Waals surface area contributed by atoms with Gasteiger partial charge in [-0.3, -0.25) is 4.79 Å². The number of para-hydroxylation sites is 1. The van der Waals surface area contributed by atoms with Gasteiger partial charge in [0.05, 0.1) is 11.6 Å². The number of aromatic amines is 1. The zero-order valence-electron chi connectivity index (χ0n) is 12.5. The second kappa shape index (κ2) is 5.29. The molecule has 1 aromatic heterocycles. The SMILES string of the molecule is N#Cc1cccc(C(=O)N2CCc3[nH]c4ccccc4c3C2)c1. The summed E-state index contributed by atoms with van der Waals surface area (Å²) in [5.41, 5.74) is 4.64. The van der Waals surface area contributed by atoms with Crippen LogP contribution in [0.5, 0.6) is 0 Å². The van der Waals surface area contributed by atoms with E-state index in [1.54, 1.807) is 24.3 Å². The Morgan fingerprint density at radius 1 is 1.17 bits per heavy atom. The third kappa shape index (κ3) is 2.27. The maximum absolute atomic E-state index is 12.7. The Balaban J connectivity index is 1.67. The van der Waals surface area contributed by atoms with E-state index in [1.165, 1.54) is 16.6 Å². The molecular weight excluding hydrogens is 286 g/mol. The first-order valence-corrected chi connectivity index (χ1v) is 7.64. The van der Waals surface area contributed by atoms with Gasteiger partial charge in [-0.15, -0.1) is 0 Å². The molecule has 0 atom stereocenters. The van der Waals surface area contributed by atoms with Crippen LogP contribution in [0.2, 0.25) is 0 Å². The van der Waals surface area contributed by atoms with Crippen LogP contribution in [0.25, 0.3) is 10.9 Å². The molecule has 0 aliphatic carbocycles. The van der Waals surface area contributed by atoms with E-state index in [9.17, 15) is 4.79 Å². The fourth-order valence-corrected chi connectivity index (χ4v) is 3.24. The summed E-state index contributed by atoms with van der Waals surface area (Å²) in [6, 6.07) is 17.2. The van der Waals surface area contributed by atoms with Gasteiger partial charge in [-0.1, -0.05) is 24.3 Å². The topological polar surface area (TPSA) is 59.9 Å². The minimum atomic E-state index is -0.0157. The maximum atomic E-state index is 12.7. The lowest BCUT2D eigenvalue weighted by molar-refractivity contribution is 0.0735. The van der Waals surface area contributed by atoms with Crippen molar-refractivity contribution in [3.05, 3.63) is 70.9 Å². The van der Waals surface area contributed by atoms with E-state index < -0.39 is 0 Å². The molecule has 2 aromatic carbocycles. The Labute approximate surface area is 134 Å². The van der Waals surface area contributed by atoms with Crippen molar-refractivity contribution >= 4 is 16.8 Å². The van der Waals surface area contributed by atoms with Crippen LogP contribution < -0.4 is 0 Å². The highest BCUT2D eigenvalue weighted by atomic mass is 16.2. The van der Waals surface area contributed by atoms with Gasteiger partial charge in [0.2, 0.25) is 0 Å². The highest BCUT2D eigenvalue weighted by Crippen LogP contribution is 2.28. The molecule has 0 radical (unpaired) electrons. The first kappa shape index (κ1) is 13.6. The number of rotatable bonds is 1. The molecule has 112 valence electrons. The molecule has 0 saturated carbocycles. The van der Waals surface area contributed by atoms with Gasteiger partial charge < -0.3 is 9.88 Å². The van der Waals surface area contributed by atoms with Gasteiger partial charge in [-0.25, -0.2) is 0 Å². The molecule has 0 spiro atoms. The summed E-state index contributed by atoms with van der Waals surface area (Å²) in [5, 5.41) is 10.2. The number of fused-ring (bicyclic) bond motifs is 3. The number of amides is 1. The Hall–Kier alpha value is -3.06. The summed E-state index contributed by atoms with van der Waals surface area (Å²) in [5.74, 6) is -0.0157. The predicted octanol–water partition coefficient (Wildman–Crippen LogP) is 3.24. The van der Waals surface area contributed by atoms with Gasteiger partial charge in [0.15, 0.2) is 0 Å². The number of hydrogen-bond acceptors (Lipinski definition) is 2. The Kier molecular flexibility index (Phi) is 3.13. The smallest absolute Gasteiger partial charge is 0.254 e. The summed E-state index contributed by atoms with van der Waals surface area (Å²) < 4.78 is 0. The summed E-state index contributed by atoms with van der Waals surface area (Å²) in [7, 11) is 0. The molecule has 1 aliphatic heterocycles. The Morgan fingerprint density at radius 3 is 2.91 bits per heavy atom. The molecule has 2 heterocycles. The van der Waals surface area contributed by atoms with Crippen molar-refractivity contribution in [1.29, 1.82) is 5.26 Å². The number of benzene rings is 2. The number of H-pyrrole nitrogens is 1. The van der Waals surface area contributed by atoms with E-state index in [0.717, 1.165) is 11.9 Å². The van der Waals surface area contributed by atoms with E-state index in [4.69, 9.17) is 5.26 Å². The number of carbonyl (C=O) groups is 1. The molecule has 1 N–H and O–H groups in total. The standard InChI is InChI=1S/C19H15N3O/c20-11-13-4-3-5-14(10-13)19(23)22-9-8-18-16(12-22)15-6-1-2-7-17(15)21-18/h1-7,10,21H,8-9,12H2. The van der Waals surface area contributed by atoms with Crippen molar-refractivity contribution in [3.63, 3.8) is 0 Å². The van der Waals surface area contributed by atoms with E-state index in [2.05, 4.69) is 23.2 Å². The fraction of sp³-hybridized carbons (Fsp3) is 0.158. The number of nitrogens with zero attached hydrogens (tertiary/aromatic N) is 2. The van der Waals surface area contributed by atoms with Gasteiger partial charge in [0.1, 0.15) is 0 Å². The summed E-state index contributed by atoms with van der Waals surface area (Å²) in [6.45, 7) is 1.30. The molecule has 1 aliphatic rings. The van der Waals surface area contributed by atoms with E-state index in [0.29, 0.717) is 24.2 Å². The first-order valence-electron chi connectivity index (χ1n) is 7.64. The van der Waals surface area contributed by atoms with Gasteiger partial charge in [-0.05, 0) is 24.3 Å². The molecule has 0 bridgehead atoms. The number of hydrogen-bond donors (Lipinski definition) is 1. The quantitative estimate of drug-likeness (QED) is 0.750. The average Bonchev–Trinajstić information content (AvgIpc) is 2.99. The maximum Gasteiger partial charge on any atom is 0.254 e. The number of carbonyl (C=O) groups excluding carboxylic acids is 1. The van der Waals surface area contributed by atoms with E-state index >= 15 is 0 Å². The van der Waals surface area contributed by atoms with Crippen LogP contribution >= 0.6 is 0 Å². The lowest BCUT2D eigenvalue weighted by Crippen LogP contribution is -2.35. The van der Waals surface area contributed by atoms with Crippen LogP contribution in [-0.2, 0) is 13.0 Å². The minimum absolute atomic E-state index is 0.0157. The van der Waals surface area contributed by atoms with Crippen LogP contribution in [0.1, 0.15) is 27.2 Å². The zero-order chi connectivity index (χ0) is 15.8. The zero-order valence-corrected chi connectivity index (χ0v) is 12.5. The Morgan fingerprint density at radius 2 is 2.04 bits per heavy atom. The highest BCUT2D eigenvalue weighted by Gasteiger charge is 2.24. The van der Waals surface area contributed by atoms with Crippen molar-refractivity contribution in [2.75, 3.05) is 6.54 Å². The Bertz CT molecular complexity index is 949. The molecule has 0 unspecified atom stereocenters. The summed E-state index contributed by atoms with van der Waals surface area (Å²) >= 11 is 0. The lowest BCUT2D eigenvalue weighted by Gasteiger charge is -2.27. The molecule has 4 heteroatoms. The van der Waals surface area contributed by atoms with Gasteiger partial charge in [0.25, 0.3) is 5.91 Å². The van der Waals surface area contributed by atoms with Gasteiger partial charge in [0, 0.05) is 47.2 Å². The predicted molar refractivity (Wildman–Crippen MR) is 87.9 cm³/mol. The molecular formula is C19H15N3O. The molecule has 1 amide bonds. The third-order valence-corrected chi connectivity index (χ3v) is 4.41. The molecule has 4 nitrogen and oxygen atoms in total.